The van der Waals surface area contributed by atoms with Crippen molar-refractivity contribution < 1.29 is 9.55 Å². The van der Waals surface area contributed by atoms with Gasteiger partial charge in [-0.15, -0.1) is 12.8 Å². The lowest BCUT2D eigenvalue weighted by atomic mass is 10.2. The zero-order valence-electron chi connectivity index (χ0n) is 8.38. The van der Waals surface area contributed by atoms with Crippen molar-refractivity contribution in [3.63, 3.8) is 0 Å². The molecule has 0 amide bonds. The molecule has 1 N–H and O–H groups in total. The minimum Gasteiger partial charge on any atom is -0.386 e. The van der Waals surface area contributed by atoms with Crippen molar-refractivity contribution in [2.75, 3.05) is 12.4 Å². The van der Waals surface area contributed by atoms with Crippen molar-refractivity contribution >= 4 is 22.4 Å². The first-order chi connectivity index (χ1) is 7.74. The highest BCUT2D eigenvalue weighted by atomic mass is 16.6. The van der Waals surface area contributed by atoms with Crippen molar-refractivity contribution in [3.05, 3.63) is 22.2 Å². The lowest BCUT2D eigenvalue weighted by Gasteiger charge is -1.98. The van der Waals surface area contributed by atoms with Gasteiger partial charge in [-0.3, -0.25) is 10.1 Å². The van der Waals surface area contributed by atoms with Gasteiger partial charge in [0.1, 0.15) is 0 Å². The van der Waals surface area contributed by atoms with Crippen LogP contribution in [0.1, 0.15) is 0 Å². The highest BCUT2D eigenvalue weighted by Gasteiger charge is 2.18. The average Bonchev–Trinajstić information content (AvgIpc) is 2.78. The van der Waals surface area contributed by atoms with Crippen molar-refractivity contribution in [1.29, 1.82) is 0 Å². The number of benzene rings is 1. The second kappa shape index (κ2) is 4.75. The summed E-state index contributed by atoms with van der Waals surface area (Å²) in [4.78, 5) is 10.1. The third kappa shape index (κ3) is 1.76. The monoisotopic (exact) mass is 220 g/mol. The quantitative estimate of drug-likeness (QED) is 0.467. The number of fused-ring (bicyclic) bond motifs is 1. The normalized spacial score (nSPS) is 9.19. The predicted octanol–water partition coefficient (Wildman–Crippen LogP) is 1.42. The molecule has 0 unspecified atom stereocenters. The van der Waals surface area contributed by atoms with E-state index in [9.17, 15) is 10.1 Å². The predicted molar refractivity (Wildman–Crippen MR) is 57.9 cm³/mol. The van der Waals surface area contributed by atoms with Crippen molar-refractivity contribution in [1.82, 2.24) is 10.3 Å². The number of anilines is 1. The molecule has 2 aromatic rings. The summed E-state index contributed by atoms with van der Waals surface area (Å²) < 4.78 is 4.45. The average molecular weight is 220 g/mol. The lowest BCUT2D eigenvalue weighted by Crippen LogP contribution is -1.93. The Balaban J connectivity index is 0.000000606. The Kier molecular flexibility index (Phi) is 3.40. The SMILES string of the molecule is C#C.CNc1ccc([N+](=O)[O-])c2nonc12. The summed E-state index contributed by atoms with van der Waals surface area (Å²) in [6, 6.07) is 2.92. The number of terminal acetylenes is 1. The Hall–Kier alpha value is -2.62. The van der Waals surface area contributed by atoms with Crippen LogP contribution in [-0.4, -0.2) is 22.3 Å². The molecule has 7 heteroatoms. The third-order valence-electron chi connectivity index (χ3n) is 1.86. The molecule has 0 saturated heterocycles. The smallest absolute Gasteiger partial charge is 0.300 e. The van der Waals surface area contributed by atoms with Gasteiger partial charge in [0.15, 0.2) is 5.52 Å². The summed E-state index contributed by atoms with van der Waals surface area (Å²) in [5, 5.41) is 20.5. The van der Waals surface area contributed by atoms with E-state index < -0.39 is 4.92 Å². The van der Waals surface area contributed by atoms with Gasteiger partial charge in [-0.1, -0.05) is 0 Å². The Morgan fingerprint density at radius 2 is 2.00 bits per heavy atom. The van der Waals surface area contributed by atoms with E-state index in [1.807, 2.05) is 0 Å². The standard InChI is InChI=1S/C7H6N4O3.C2H2/c1-8-4-2-3-5(11(12)13)7-6(4)9-14-10-7;1-2/h2-3,8H,1H3;1-2H. The Bertz CT molecular complexity index is 532. The molecular formula is C9H8N4O3. The fourth-order valence-electron chi connectivity index (χ4n) is 1.20. The Morgan fingerprint density at radius 1 is 1.38 bits per heavy atom. The number of nitrogens with one attached hydrogen (secondary N) is 1. The molecule has 0 radical (unpaired) electrons. The van der Waals surface area contributed by atoms with Crippen LogP contribution in [0.25, 0.3) is 11.0 Å². The first kappa shape index (κ1) is 11.5. The molecule has 0 bridgehead atoms. The molecule has 0 atom stereocenters. The summed E-state index contributed by atoms with van der Waals surface area (Å²) in [5.41, 5.74) is 1.05. The zero-order chi connectivity index (χ0) is 12.1. The van der Waals surface area contributed by atoms with Crippen molar-refractivity contribution in [2.45, 2.75) is 0 Å². The van der Waals surface area contributed by atoms with E-state index in [1.165, 1.54) is 6.07 Å². The molecule has 0 spiro atoms. The first-order valence-electron chi connectivity index (χ1n) is 4.15. The molecule has 7 nitrogen and oxygen atoms in total. The molecule has 1 aromatic carbocycles. The molecule has 0 aliphatic heterocycles. The van der Waals surface area contributed by atoms with E-state index >= 15 is 0 Å². The second-order valence-corrected chi connectivity index (χ2v) is 2.60. The van der Waals surface area contributed by atoms with Gasteiger partial charge in [-0.05, 0) is 16.4 Å². The van der Waals surface area contributed by atoms with Gasteiger partial charge in [-0.25, -0.2) is 4.63 Å². The number of aromatic nitrogens is 2. The van der Waals surface area contributed by atoms with E-state index in [1.54, 1.807) is 13.1 Å². The number of nitro groups is 1. The van der Waals surface area contributed by atoms with E-state index in [0.29, 0.717) is 11.2 Å². The highest BCUT2D eigenvalue weighted by molar-refractivity contribution is 5.93. The fraction of sp³-hybridized carbons (Fsp3) is 0.111. The number of rotatable bonds is 2. The molecule has 82 valence electrons. The number of non-ortho nitro benzene ring substituents is 1. The number of nitrogens with zero attached hydrogens (tertiary/aromatic N) is 3. The van der Waals surface area contributed by atoms with Gasteiger partial charge >= 0.3 is 5.69 Å². The van der Waals surface area contributed by atoms with Crippen LogP contribution >= 0.6 is 0 Å². The van der Waals surface area contributed by atoms with Crippen LogP contribution in [0.2, 0.25) is 0 Å². The first-order valence-corrected chi connectivity index (χ1v) is 4.15. The molecule has 1 heterocycles. The van der Waals surface area contributed by atoms with Crippen LogP contribution in [0.15, 0.2) is 16.8 Å². The zero-order valence-corrected chi connectivity index (χ0v) is 8.38. The highest BCUT2D eigenvalue weighted by Crippen LogP contribution is 2.27. The maximum Gasteiger partial charge on any atom is 0.300 e. The number of hydrogen-bond acceptors (Lipinski definition) is 6. The van der Waals surface area contributed by atoms with Crippen LogP contribution in [0, 0.1) is 23.0 Å². The number of hydrogen-bond donors (Lipinski definition) is 1. The topological polar surface area (TPSA) is 94.1 Å². The van der Waals surface area contributed by atoms with Crippen LogP contribution in [0.4, 0.5) is 11.4 Å². The van der Waals surface area contributed by atoms with Crippen molar-refractivity contribution in [3.8, 4) is 12.8 Å². The minimum absolute atomic E-state index is 0.111. The summed E-state index contributed by atoms with van der Waals surface area (Å²) in [7, 11) is 1.69. The van der Waals surface area contributed by atoms with Crippen LogP contribution in [-0.2, 0) is 0 Å². The van der Waals surface area contributed by atoms with Crippen LogP contribution in [0.3, 0.4) is 0 Å². The van der Waals surface area contributed by atoms with Crippen LogP contribution < -0.4 is 5.32 Å². The van der Waals surface area contributed by atoms with E-state index in [-0.39, 0.29) is 11.2 Å². The number of nitro benzene ring substituents is 1. The van der Waals surface area contributed by atoms with Crippen LogP contribution in [0.5, 0.6) is 0 Å². The summed E-state index contributed by atoms with van der Waals surface area (Å²) >= 11 is 0. The fourth-order valence-corrected chi connectivity index (χ4v) is 1.20. The second-order valence-electron chi connectivity index (χ2n) is 2.60. The molecule has 0 fully saturated rings. The van der Waals surface area contributed by atoms with E-state index in [2.05, 4.69) is 33.1 Å². The molecule has 2 rings (SSSR count). The van der Waals surface area contributed by atoms with E-state index in [0.717, 1.165) is 0 Å². The van der Waals surface area contributed by atoms with Gasteiger partial charge in [0.2, 0.25) is 5.52 Å². The maximum atomic E-state index is 10.6. The van der Waals surface area contributed by atoms with E-state index in [4.69, 9.17) is 0 Å². The van der Waals surface area contributed by atoms with Gasteiger partial charge in [0.25, 0.3) is 0 Å². The molecule has 0 saturated carbocycles. The molecule has 0 aliphatic carbocycles. The molecule has 16 heavy (non-hydrogen) atoms. The molecular weight excluding hydrogens is 212 g/mol. The summed E-state index contributed by atoms with van der Waals surface area (Å²) in [6.07, 6.45) is 8.00. The van der Waals surface area contributed by atoms with Crippen molar-refractivity contribution in [2.24, 2.45) is 0 Å². The lowest BCUT2D eigenvalue weighted by molar-refractivity contribution is -0.383. The van der Waals surface area contributed by atoms with Gasteiger partial charge in [-0.2, -0.15) is 0 Å². The Labute approximate surface area is 90.6 Å². The molecule has 1 aromatic heterocycles. The summed E-state index contributed by atoms with van der Waals surface area (Å²) in [6.45, 7) is 0. The Morgan fingerprint density at radius 3 is 2.56 bits per heavy atom. The van der Waals surface area contributed by atoms with Gasteiger partial charge < -0.3 is 5.32 Å². The minimum atomic E-state index is -0.522. The largest absolute Gasteiger partial charge is 0.386 e. The summed E-state index contributed by atoms with van der Waals surface area (Å²) in [5.74, 6) is 0. The molecule has 0 aliphatic rings. The third-order valence-corrected chi connectivity index (χ3v) is 1.86. The van der Waals surface area contributed by atoms with Gasteiger partial charge in [0.05, 0.1) is 10.6 Å². The van der Waals surface area contributed by atoms with Gasteiger partial charge in [0, 0.05) is 13.1 Å². The maximum absolute atomic E-state index is 10.6.